The molecule has 0 saturated heterocycles. The minimum Gasteiger partial charge on any atom is -0.345 e. The largest absolute Gasteiger partial charge is 0.345 e. The number of amides is 1. The van der Waals surface area contributed by atoms with Crippen molar-refractivity contribution in [3.63, 3.8) is 0 Å². The summed E-state index contributed by atoms with van der Waals surface area (Å²) >= 11 is 3.58. The summed E-state index contributed by atoms with van der Waals surface area (Å²) < 4.78 is 0.998. The number of halogens is 1. The van der Waals surface area contributed by atoms with E-state index in [-0.39, 0.29) is 5.91 Å². The first-order valence-electron chi connectivity index (χ1n) is 7.50. The fourth-order valence-electron chi connectivity index (χ4n) is 2.80. The number of benzene rings is 1. The number of hydrogen-bond acceptors (Lipinski definition) is 2. The summed E-state index contributed by atoms with van der Waals surface area (Å²) in [5, 5.41) is 10.6. The summed E-state index contributed by atoms with van der Waals surface area (Å²) in [6.45, 7) is 6.11. The predicted octanol–water partition coefficient (Wildman–Crippen LogP) is 3.80. The Balaban J connectivity index is 2.14. The maximum absolute atomic E-state index is 12.4. The van der Waals surface area contributed by atoms with E-state index in [2.05, 4.69) is 47.2 Å². The van der Waals surface area contributed by atoms with Crippen molar-refractivity contribution in [3.8, 4) is 0 Å². The highest BCUT2D eigenvalue weighted by molar-refractivity contribution is 9.10. The van der Waals surface area contributed by atoms with Crippen LogP contribution < -0.4 is 5.32 Å². The molecule has 114 valence electrons. The topological polar surface area (TPSA) is 53.0 Å². The van der Waals surface area contributed by atoms with Crippen molar-refractivity contribution in [3.05, 3.63) is 33.3 Å². The molecule has 21 heavy (non-hydrogen) atoms. The summed E-state index contributed by atoms with van der Waals surface area (Å²) in [7, 11) is 0. The second-order valence-corrected chi connectivity index (χ2v) is 7.02. The maximum Gasteiger partial charge on any atom is 0.225 e. The van der Waals surface area contributed by atoms with Gasteiger partial charge in [-0.15, -0.1) is 0 Å². The van der Waals surface area contributed by atoms with E-state index in [9.17, 15) is 4.79 Å². The SMILES string of the molecule is CCc1cc(C)cc(Br)c1CC(=O)NC(C)(C=N)C1CC1. The summed E-state index contributed by atoms with van der Waals surface area (Å²) in [4.78, 5) is 12.4. The lowest BCUT2D eigenvalue weighted by Gasteiger charge is -2.26. The van der Waals surface area contributed by atoms with Crippen LogP contribution in [0, 0.1) is 18.3 Å². The average molecular weight is 351 g/mol. The van der Waals surface area contributed by atoms with Gasteiger partial charge in [-0.05, 0) is 61.8 Å². The molecule has 1 aromatic carbocycles. The monoisotopic (exact) mass is 350 g/mol. The van der Waals surface area contributed by atoms with Crippen LogP contribution in [-0.4, -0.2) is 17.7 Å². The molecule has 0 aliphatic heterocycles. The zero-order chi connectivity index (χ0) is 15.6. The minimum atomic E-state index is -0.485. The Bertz CT molecular complexity index is 566. The van der Waals surface area contributed by atoms with Gasteiger partial charge in [-0.25, -0.2) is 0 Å². The Labute approximate surface area is 135 Å². The third-order valence-corrected chi connectivity index (χ3v) is 4.99. The first kappa shape index (κ1) is 16.2. The second kappa shape index (κ2) is 6.30. The smallest absolute Gasteiger partial charge is 0.225 e. The number of carbonyl (C=O) groups is 1. The Morgan fingerprint density at radius 1 is 1.52 bits per heavy atom. The summed E-state index contributed by atoms with van der Waals surface area (Å²) in [6.07, 6.45) is 4.85. The van der Waals surface area contributed by atoms with Crippen molar-refractivity contribution in [2.45, 2.75) is 52.0 Å². The fourth-order valence-corrected chi connectivity index (χ4v) is 3.56. The average Bonchev–Trinajstić information content (AvgIpc) is 3.26. The minimum absolute atomic E-state index is 0.00727. The molecule has 1 aromatic rings. The molecule has 3 nitrogen and oxygen atoms in total. The van der Waals surface area contributed by atoms with Gasteiger partial charge in [0, 0.05) is 10.7 Å². The number of aryl methyl sites for hydroxylation is 2. The summed E-state index contributed by atoms with van der Waals surface area (Å²) in [6, 6.07) is 4.20. The first-order valence-corrected chi connectivity index (χ1v) is 8.29. The highest BCUT2D eigenvalue weighted by atomic mass is 79.9. The van der Waals surface area contributed by atoms with Gasteiger partial charge < -0.3 is 10.7 Å². The Kier molecular flexibility index (Phi) is 4.87. The highest BCUT2D eigenvalue weighted by Crippen LogP contribution is 2.38. The van der Waals surface area contributed by atoms with Crippen LogP contribution >= 0.6 is 15.9 Å². The van der Waals surface area contributed by atoms with Crippen LogP contribution in [0.2, 0.25) is 0 Å². The lowest BCUT2D eigenvalue weighted by Crippen LogP contribution is -2.49. The van der Waals surface area contributed by atoms with E-state index < -0.39 is 5.54 Å². The van der Waals surface area contributed by atoms with Crippen molar-refractivity contribution >= 4 is 28.1 Å². The third-order valence-electron chi connectivity index (χ3n) is 4.28. The number of hydrogen-bond donors (Lipinski definition) is 2. The van der Waals surface area contributed by atoms with Crippen LogP contribution in [0.1, 0.15) is 43.4 Å². The lowest BCUT2D eigenvalue weighted by molar-refractivity contribution is -0.121. The molecule has 0 bridgehead atoms. The van der Waals surface area contributed by atoms with Crippen molar-refractivity contribution in [2.75, 3.05) is 0 Å². The van der Waals surface area contributed by atoms with Gasteiger partial charge in [0.2, 0.25) is 5.91 Å². The summed E-state index contributed by atoms with van der Waals surface area (Å²) in [5.74, 6) is 0.415. The molecule has 1 saturated carbocycles. The molecule has 0 spiro atoms. The van der Waals surface area contributed by atoms with Crippen molar-refractivity contribution in [1.29, 1.82) is 5.41 Å². The molecule has 2 N–H and O–H groups in total. The van der Waals surface area contributed by atoms with Gasteiger partial charge in [0.25, 0.3) is 0 Å². The molecule has 2 rings (SSSR count). The van der Waals surface area contributed by atoms with Crippen LogP contribution in [0.3, 0.4) is 0 Å². The summed E-state index contributed by atoms with van der Waals surface area (Å²) in [5.41, 5.74) is 2.98. The van der Waals surface area contributed by atoms with Gasteiger partial charge in [-0.3, -0.25) is 4.79 Å². The van der Waals surface area contributed by atoms with Gasteiger partial charge in [-0.1, -0.05) is 28.9 Å². The number of nitrogens with one attached hydrogen (secondary N) is 2. The highest BCUT2D eigenvalue weighted by Gasteiger charge is 2.41. The van der Waals surface area contributed by atoms with E-state index >= 15 is 0 Å². The maximum atomic E-state index is 12.4. The Morgan fingerprint density at radius 2 is 2.19 bits per heavy atom. The van der Waals surface area contributed by atoms with Gasteiger partial charge in [0.15, 0.2) is 0 Å². The Morgan fingerprint density at radius 3 is 2.71 bits per heavy atom. The third kappa shape index (κ3) is 3.73. The van der Waals surface area contributed by atoms with Crippen LogP contribution in [0.4, 0.5) is 0 Å². The van der Waals surface area contributed by atoms with Crippen LogP contribution in [0.15, 0.2) is 16.6 Å². The van der Waals surface area contributed by atoms with E-state index in [1.165, 1.54) is 17.3 Å². The fraction of sp³-hybridized carbons (Fsp3) is 0.529. The van der Waals surface area contributed by atoms with Crippen molar-refractivity contribution in [2.24, 2.45) is 5.92 Å². The van der Waals surface area contributed by atoms with E-state index in [0.29, 0.717) is 12.3 Å². The van der Waals surface area contributed by atoms with Gasteiger partial charge in [0.05, 0.1) is 12.0 Å². The standard InChI is InChI=1S/C17H23BrN2O/c1-4-12-7-11(2)8-15(18)14(12)9-16(21)20-17(3,10-19)13-5-6-13/h7-8,10,13,19H,4-6,9H2,1-3H3,(H,20,21). The molecule has 0 heterocycles. The van der Waals surface area contributed by atoms with Gasteiger partial charge in [-0.2, -0.15) is 0 Å². The zero-order valence-corrected chi connectivity index (χ0v) is 14.5. The van der Waals surface area contributed by atoms with E-state index in [0.717, 1.165) is 29.3 Å². The van der Waals surface area contributed by atoms with Gasteiger partial charge in [0.1, 0.15) is 0 Å². The Hall–Kier alpha value is -1.16. The van der Waals surface area contributed by atoms with Crippen LogP contribution in [0.25, 0.3) is 0 Å². The molecular formula is C17H23BrN2O. The number of rotatable bonds is 6. The van der Waals surface area contributed by atoms with E-state index in [1.807, 2.05) is 6.92 Å². The number of carbonyl (C=O) groups excluding carboxylic acids is 1. The molecule has 0 radical (unpaired) electrons. The van der Waals surface area contributed by atoms with E-state index in [4.69, 9.17) is 5.41 Å². The first-order chi connectivity index (χ1) is 9.89. The van der Waals surface area contributed by atoms with Crippen molar-refractivity contribution < 1.29 is 4.79 Å². The van der Waals surface area contributed by atoms with Crippen LogP contribution in [0.5, 0.6) is 0 Å². The quantitative estimate of drug-likeness (QED) is 0.753. The molecule has 1 aliphatic rings. The van der Waals surface area contributed by atoms with Gasteiger partial charge >= 0.3 is 0 Å². The van der Waals surface area contributed by atoms with Crippen LogP contribution in [-0.2, 0) is 17.6 Å². The molecule has 4 heteroatoms. The zero-order valence-electron chi connectivity index (χ0n) is 12.9. The molecule has 1 atom stereocenters. The molecule has 1 fully saturated rings. The van der Waals surface area contributed by atoms with E-state index in [1.54, 1.807) is 0 Å². The predicted molar refractivity (Wildman–Crippen MR) is 90.0 cm³/mol. The molecule has 1 aliphatic carbocycles. The lowest BCUT2D eigenvalue weighted by atomic mass is 9.95. The molecular weight excluding hydrogens is 328 g/mol. The van der Waals surface area contributed by atoms with Crippen molar-refractivity contribution in [1.82, 2.24) is 5.32 Å². The molecule has 1 amide bonds. The normalized spacial score (nSPS) is 17.1. The second-order valence-electron chi connectivity index (χ2n) is 6.16. The molecule has 0 aromatic heterocycles. The molecule has 1 unspecified atom stereocenters.